The fourth-order valence-electron chi connectivity index (χ4n) is 1.95. The van der Waals surface area contributed by atoms with E-state index in [1.54, 1.807) is 4.90 Å². The van der Waals surface area contributed by atoms with E-state index in [1.165, 1.54) is 12.3 Å². The van der Waals surface area contributed by atoms with Gasteiger partial charge in [0, 0.05) is 12.6 Å². The molecule has 2 heterocycles. The van der Waals surface area contributed by atoms with Crippen LogP contribution in [0.4, 0.5) is 13.2 Å². The van der Waals surface area contributed by atoms with Crippen LogP contribution in [-0.4, -0.2) is 35.0 Å². The highest BCUT2D eigenvalue weighted by molar-refractivity contribution is 5.77. The van der Waals surface area contributed by atoms with Crippen molar-refractivity contribution < 1.29 is 22.7 Å². The molecule has 0 bridgehead atoms. The van der Waals surface area contributed by atoms with Gasteiger partial charge in [-0.15, -0.1) is 0 Å². The Morgan fingerprint density at radius 1 is 1.50 bits per heavy atom. The van der Waals surface area contributed by atoms with E-state index in [1.807, 2.05) is 6.92 Å². The third-order valence-electron chi connectivity index (χ3n) is 3.02. The number of hydrogen-bond donors (Lipinski definition) is 0. The van der Waals surface area contributed by atoms with Crippen LogP contribution in [0.5, 0.6) is 5.88 Å². The second-order valence-corrected chi connectivity index (χ2v) is 4.64. The number of likely N-dealkylation sites (tertiary alicyclic amines) is 1. The Balaban J connectivity index is 1.95. The molecule has 0 radical (unpaired) electrons. The van der Waals surface area contributed by atoms with Gasteiger partial charge in [-0.25, -0.2) is 4.98 Å². The van der Waals surface area contributed by atoms with E-state index in [9.17, 15) is 18.0 Å². The predicted octanol–water partition coefficient (Wildman–Crippen LogP) is 2.49. The summed E-state index contributed by atoms with van der Waals surface area (Å²) in [7, 11) is 0. The van der Waals surface area contributed by atoms with Gasteiger partial charge in [0.1, 0.15) is 11.7 Å². The minimum absolute atomic E-state index is 0.00409. The molecular weight excluding hydrogens is 273 g/mol. The Bertz CT molecular complexity index is 485. The Hall–Kier alpha value is -1.79. The Labute approximate surface area is 114 Å². The van der Waals surface area contributed by atoms with Crippen LogP contribution in [0.15, 0.2) is 18.3 Å². The lowest BCUT2D eigenvalue weighted by molar-refractivity contribution is -0.145. The zero-order valence-corrected chi connectivity index (χ0v) is 11.0. The van der Waals surface area contributed by atoms with Crippen molar-refractivity contribution in [2.75, 3.05) is 13.1 Å². The summed E-state index contributed by atoms with van der Waals surface area (Å²) >= 11 is 0. The Morgan fingerprint density at radius 2 is 2.20 bits per heavy atom. The summed E-state index contributed by atoms with van der Waals surface area (Å²) in [6.45, 7) is 2.52. The topological polar surface area (TPSA) is 42.4 Å². The zero-order valence-electron chi connectivity index (χ0n) is 11.0. The molecule has 0 atom stereocenters. The normalized spacial score (nSPS) is 15.9. The number of pyridine rings is 1. The monoisotopic (exact) mass is 288 g/mol. The van der Waals surface area contributed by atoms with Gasteiger partial charge in [-0.05, 0) is 18.6 Å². The highest BCUT2D eigenvalue weighted by atomic mass is 19.4. The molecule has 1 saturated heterocycles. The molecule has 1 aromatic rings. The number of amides is 1. The van der Waals surface area contributed by atoms with Gasteiger partial charge in [0.15, 0.2) is 0 Å². The number of halogens is 3. The average molecular weight is 288 g/mol. The van der Waals surface area contributed by atoms with E-state index in [0.717, 1.165) is 12.5 Å². The largest absolute Gasteiger partial charge is 0.470 e. The quantitative estimate of drug-likeness (QED) is 0.855. The lowest BCUT2D eigenvalue weighted by atomic mass is 10.1. The molecule has 1 amide bonds. The summed E-state index contributed by atoms with van der Waals surface area (Å²) in [5.41, 5.74) is -0.890. The highest BCUT2D eigenvalue weighted by Crippen LogP contribution is 2.35. The van der Waals surface area contributed by atoms with E-state index < -0.39 is 23.7 Å². The molecule has 0 unspecified atom stereocenters. The minimum atomic E-state index is -4.49. The van der Waals surface area contributed by atoms with Crippen molar-refractivity contribution >= 4 is 5.91 Å². The van der Waals surface area contributed by atoms with Gasteiger partial charge >= 0.3 is 6.18 Å². The molecule has 20 heavy (non-hydrogen) atoms. The second kappa shape index (κ2) is 5.68. The fraction of sp³-hybridized carbons (Fsp3) is 0.538. The van der Waals surface area contributed by atoms with Gasteiger partial charge < -0.3 is 9.64 Å². The fourth-order valence-corrected chi connectivity index (χ4v) is 1.95. The summed E-state index contributed by atoms with van der Waals surface area (Å²) in [4.78, 5) is 16.7. The average Bonchev–Trinajstić information content (AvgIpc) is 2.32. The summed E-state index contributed by atoms with van der Waals surface area (Å²) in [6, 6.07) is 2.15. The molecule has 7 heteroatoms. The van der Waals surface area contributed by atoms with Crippen LogP contribution in [0.1, 0.15) is 25.3 Å². The van der Waals surface area contributed by atoms with E-state index >= 15 is 0 Å². The zero-order chi connectivity index (χ0) is 14.8. The first-order valence-electron chi connectivity index (χ1n) is 6.38. The molecule has 1 aliphatic heterocycles. The third-order valence-corrected chi connectivity index (χ3v) is 3.02. The number of alkyl halides is 3. The van der Waals surface area contributed by atoms with Crippen LogP contribution in [0.25, 0.3) is 0 Å². The maximum absolute atomic E-state index is 12.7. The van der Waals surface area contributed by atoms with Crippen LogP contribution >= 0.6 is 0 Å². The van der Waals surface area contributed by atoms with Crippen molar-refractivity contribution in [3.05, 3.63) is 23.9 Å². The minimum Gasteiger partial charge on any atom is -0.470 e. The Kier molecular flexibility index (Phi) is 4.15. The lowest BCUT2D eigenvalue weighted by Gasteiger charge is -2.39. The lowest BCUT2D eigenvalue weighted by Crippen LogP contribution is -2.56. The number of carbonyl (C=O) groups excluding carboxylic acids is 1. The molecule has 2 rings (SSSR count). The van der Waals surface area contributed by atoms with E-state index in [2.05, 4.69) is 4.98 Å². The van der Waals surface area contributed by atoms with Crippen molar-refractivity contribution in [3.63, 3.8) is 0 Å². The molecule has 1 aromatic heterocycles. The highest BCUT2D eigenvalue weighted by Gasteiger charge is 2.38. The summed E-state index contributed by atoms with van der Waals surface area (Å²) in [6.07, 6.45) is -2.47. The maximum atomic E-state index is 12.7. The molecule has 1 fully saturated rings. The van der Waals surface area contributed by atoms with Gasteiger partial charge in [-0.1, -0.05) is 6.92 Å². The first kappa shape index (κ1) is 14.6. The number of aromatic nitrogens is 1. The van der Waals surface area contributed by atoms with E-state index in [4.69, 9.17) is 4.74 Å². The molecule has 0 aliphatic carbocycles. The van der Waals surface area contributed by atoms with Crippen LogP contribution < -0.4 is 4.74 Å². The first-order valence-corrected chi connectivity index (χ1v) is 6.38. The molecule has 0 spiro atoms. The number of nitrogens with zero attached hydrogens (tertiary/aromatic N) is 2. The summed E-state index contributed by atoms with van der Waals surface area (Å²) in [5.74, 6) is -0.419. The molecule has 110 valence electrons. The van der Waals surface area contributed by atoms with Crippen molar-refractivity contribution in [2.45, 2.75) is 32.0 Å². The summed E-state index contributed by atoms with van der Waals surface area (Å²) in [5, 5.41) is 0. The standard InChI is InChI=1S/C13H15F3N2O2/c1-2-4-11(19)18-7-9(8-18)20-12-10(13(14,15)16)5-3-6-17-12/h3,5-6,9H,2,4,7-8H2,1H3. The van der Waals surface area contributed by atoms with Crippen LogP contribution in [0, 0.1) is 0 Å². The molecule has 0 N–H and O–H groups in total. The number of carbonyl (C=O) groups is 1. The first-order chi connectivity index (χ1) is 9.41. The molecular formula is C13H15F3N2O2. The number of hydrogen-bond acceptors (Lipinski definition) is 3. The van der Waals surface area contributed by atoms with E-state index in [-0.39, 0.29) is 5.91 Å². The molecule has 0 aromatic carbocycles. The van der Waals surface area contributed by atoms with Crippen LogP contribution in [0.3, 0.4) is 0 Å². The second-order valence-electron chi connectivity index (χ2n) is 4.64. The third kappa shape index (κ3) is 3.20. The molecule has 1 aliphatic rings. The SMILES string of the molecule is CCCC(=O)N1CC(Oc2ncccc2C(F)(F)F)C1. The number of ether oxygens (including phenoxy) is 1. The predicted molar refractivity (Wildman–Crippen MR) is 65.1 cm³/mol. The molecule has 0 saturated carbocycles. The van der Waals surface area contributed by atoms with Crippen molar-refractivity contribution in [1.82, 2.24) is 9.88 Å². The maximum Gasteiger partial charge on any atom is 0.421 e. The van der Waals surface area contributed by atoms with Gasteiger partial charge in [0.2, 0.25) is 11.8 Å². The molecule has 4 nitrogen and oxygen atoms in total. The van der Waals surface area contributed by atoms with E-state index in [0.29, 0.717) is 19.5 Å². The van der Waals surface area contributed by atoms with Gasteiger partial charge in [-0.2, -0.15) is 13.2 Å². The van der Waals surface area contributed by atoms with Crippen LogP contribution in [0.2, 0.25) is 0 Å². The van der Waals surface area contributed by atoms with Crippen molar-refractivity contribution in [2.24, 2.45) is 0 Å². The van der Waals surface area contributed by atoms with Gasteiger partial charge in [0.25, 0.3) is 0 Å². The Morgan fingerprint density at radius 3 is 2.80 bits per heavy atom. The smallest absolute Gasteiger partial charge is 0.421 e. The number of rotatable bonds is 4. The van der Waals surface area contributed by atoms with Crippen LogP contribution in [-0.2, 0) is 11.0 Å². The van der Waals surface area contributed by atoms with Crippen molar-refractivity contribution in [3.8, 4) is 5.88 Å². The van der Waals surface area contributed by atoms with Gasteiger partial charge in [0.05, 0.1) is 13.1 Å². The van der Waals surface area contributed by atoms with Gasteiger partial charge in [-0.3, -0.25) is 4.79 Å². The summed E-state index contributed by atoms with van der Waals surface area (Å²) < 4.78 is 43.5. The van der Waals surface area contributed by atoms with Crippen molar-refractivity contribution in [1.29, 1.82) is 0 Å².